The topological polar surface area (TPSA) is 0 Å². The number of hydrogen-bond donors (Lipinski definition) is 0. The van der Waals surface area contributed by atoms with E-state index in [1.165, 1.54) is 107 Å². The lowest BCUT2D eigenvalue weighted by molar-refractivity contribution is 0.595. The molecule has 1 aromatic carbocycles. The molecule has 0 amide bonds. The van der Waals surface area contributed by atoms with Crippen LogP contribution >= 0.6 is 0 Å². The van der Waals surface area contributed by atoms with Crippen LogP contribution in [0.15, 0.2) is 30.4 Å². The Hall–Kier alpha value is -1.04. The molecule has 0 bridgehead atoms. The SMILES string of the molecule is CCCCCCCC/C=C\CCCCCCCCc1[c]ccc(CC)c1. The first-order valence-electron chi connectivity index (χ1n) is 11.5. The number of rotatable bonds is 17. The standard InChI is InChI=1S/C26H43/c1-3-5-6-7-8-9-10-11-12-13-14-15-16-17-18-19-21-26-23-20-22-25(4-2)24-26/h11-12,20,22,24H,3-10,13-19,21H2,1-2H3/b12-11-. The highest BCUT2D eigenvalue weighted by Gasteiger charge is 1.96. The average molecular weight is 356 g/mol. The quantitative estimate of drug-likeness (QED) is 0.194. The van der Waals surface area contributed by atoms with Gasteiger partial charge in [-0.05, 0) is 62.1 Å². The van der Waals surface area contributed by atoms with Crippen LogP contribution in [0.1, 0.15) is 115 Å². The summed E-state index contributed by atoms with van der Waals surface area (Å²) >= 11 is 0. The number of unbranched alkanes of at least 4 members (excludes halogenated alkanes) is 12. The van der Waals surface area contributed by atoms with Gasteiger partial charge in [0.25, 0.3) is 0 Å². The largest absolute Gasteiger partial charge is 0.0885 e. The zero-order valence-electron chi connectivity index (χ0n) is 17.7. The Morgan fingerprint density at radius 3 is 1.92 bits per heavy atom. The summed E-state index contributed by atoms with van der Waals surface area (Å²) in [4.78, 5) is 0. The molecule has 0 atom stereocenters. The van der Waals surface area contributed by atoms with E-state index in [0.717, 1.165) is 6.42 Å². The molecule has 1 aromatic rings. The monoisotopic (exact) mass is 355 g/mol. The van der Waals surface area contributed by atoms with Crippen molar-refractivity contribution in [3.05, 3.63) is 47.5 Å². The summed E-state index contributed by atoms with van der Waals surface area (Å²) < 4.78 is 0. The predicted molar refractivity (Wildman–Crippen MR) is 118 cm³/mol. The van der Waals surface area contributed by atoms with Crippen LogP contribution in [0, 0.1) is 6.07 Å². The minimum Gasteiger partial charge on any atom is -0.0885 e. The fraction of sp³-hybridized carbons (Fsp3) is 0.692. The van der Waals surface area contributed by atoms with E-state index >= 15 is 0 Å². The molecule has 0 spiro atoms. The third kappa shape index (κ3) is 13.2. The Kier molecular flexibility index (Phi) is 15.4. The van der Waals surface area contributed by atoms with Gasteiger partial charge in [-0.25, -0.2) is 0 Å². The maximum absolute atomic E-state index is 3.39. The van der Waals surface area contributed by atoms with Gasteiger partial charge < -0.3 is 0 Å². The Morgan fingerprint density at radius 2 is 1.31 bits per heavy atom. The smallest absolute Gasteiger partial charge is 0.0149 e. The van der Waals surface area contributed by atoms with E-state index in [0.29, 0.717) is 0 Å². The lowest BCUT2D eigenvalue weighted by Gasteiger charge is -2.04. The summed E-state index contributed by atoms with van der Waals surface area (Å²) in [5, 5.41) is 0. The van der Waals surface area contributed by atoms with Gasteiger partial charge in [-0.2, -0.15) is 0 Å². The summed E-state index contributed by atoms with van der Waals surface area (Å²) in [6.45, 7) is 4.51. The van der Waals surface area contributed by atoms with Crippen LogP contribution in [0.25, 0.3) is 0 Å². The molecule has 0 nitrogen and oxygen atoms in total. The highest BCUT2D eigenvalue weighted by Crippen LogP contribution is 2.13. The molecule has 0 unspecified atom stereocenters. The van der Waals surface area contributed by atoms with Gasteiger partial charge in [0, 0.05) is 0 Å². The number of aryl methyl sites for hydroxylation is 2. The number of allylic oxidation sites excluding steroid dienone is 2. The second-order valence-corrected chi connectivity index (χ2v) is 7.76. The highest BCUT2D eigenvalue weighted by molar-refractivity contribution is 5.22. The van der Waals surface area contributed by atoms with Crippen molar-refractivity contribution in [3.8, 4) is 0 Å². The highest BCUT2D eigenvalue weighted by atomic mass is 14.0. The lowest BCUT2D eigenvalue weighted by atomic mass is 10.0. The Balaban J connectivity index is 1.83. The number of benzene rings is 1. The van der Waals surface area contributed by atoms with Gasteiger partial charge in [-0.3, -0.25) is 0 Å². The van der Waals surface area contributed by atoms with Crippen molar-refractivity contribution in [2.45, 2.75) is 117 Å². The lowest BCUT2D eigenvalue weighted by Crippen LogP contribution is -1.89. The van der Waals surface area contributed by atoms with Gasteiger partial charge in [-0.1, -0.05) is 102 Å². The second-order valence-electron chi connectivity index (χ2n) is 7.76. The van der Waals surface area contributed by atoms with Crippen molar-refractivity contribution in [3.63, 3.8) is 0 Å². The normalized spacial score (nSPS) is 11.5. The molecule has 0 aromatic heterocycles. The molecule has 0 aliphatic carbocycles. The molecule has 0 aliphatic rings. The molecular formula is C26H43. The molecule has 1 rings (SSSR count). The minimum absolute atomic E-state index is 1.13. The Morgan fingerprint density at radius 1 is 0.731 bits per heavy atom. The summed E-state index contributed by atoms with van der Waals surface area (Å²) in [5.41, 5.74) is 2.85. The van der Waals surface area contributed by atoms with E-state index in [9.17, 15) is 0 Å². The van der Waals surface area contributed by atoms with Gasteiger partial charge >= 0.3 is 0 Å². The van der Waals surface area contributed by atoms with Crippen LogP contribution in [0.3, 0.4) is 0 Å². The van der Waals surface area contributed by atoms with E-state index in [4.69, 9.17) is 0 Å². The van der Waals surface area contributed by atoms with Crippen LogP contribution in [-0.4, -0.2) is 0 Å². The first-order chi connectivity index (χ1) is 12.9. The van der Waals surface area contributed by atoms with Crippen LogP contribution in [0.5, 0.6) is 0 Å². The molecular weight excluding hydrogens is 312 g/mol. The van der Waals surface area contributed by atoms with Crippen molar-refractivity contribution < 1.29 is 0 Å². The molecule has 0 saturated carbocycles. The van der Waals surface area contributed by atoms with Gasteiger partial charge in [0.15, 0.2) is 0 Å². The number of hydrogen-bond acceptors (Lipinski definition) is 0. The summed E-state index contributed by atoms with van der Waals surface area (Å²) in [6, 6.07) is 10.00. The second kappa shape index (κ2) is 17.4. The maximum atomic E-state index is 3.39. The minimum atomic E-state index is 1.13. The van der Waals surface area contributed by atoms with E-state index in [1.54, 1.807) is 0 Å². The van der Waals surface area contributed by atoms with Crippen molar-refractivity contribution in [2.75, 3.05) is 0 Å². The molecule has 147 valence electrons. The molecule has 0 saturated heterocycles. The van der Waals surface area contributed by atoms with Crippen LogP contribution in [-0.2, 0) is 12.8 Å². The summed E-state index contributed by atoms with van der Waals surface area (Å²) in [7, 11) is 0. The van der Waals surface area contributed by atoms with E-state index in [1.807, 2.05) is 0 Å². The first kappa shape index (κ1) is 23.0. The van der Waals surface area contributed by atoms with E-state index < -0.39 is 0 Å². The van der Waals surface area contributed by atoms with Crippen LogP contribution in [0.2, 0.25) is 0 Å². The van der Waals surface area contributed by atoms with Crippen LogP contribution in [0.4, 0.5) is 0 Å². The van der Waals surface area contributed by atoms with Crippen molar-refractivity contribution in [2.24, 2.45) is 0 Å². The maximum Gasteiger partial charge on any atom is -0.0149 e. The van der Waals surface area contributed by atoms with Gasteiger partial charge in [0.05, 0.1) is 0 Å². The van der Waals surface area contributed by atoms with E-state index in [2.05, 4.69) is 50.3 Å². The molecule has 26 heavy (non-hydrogen) atoms. The van der Waals surface area contributed by atoms with Crippen LogP contribution < -0.4 is 0 Å². The Labute approximate surface area is 164 Å². The van der Waals surface area contributed by atoms with Crippen molar-refractivity contribution in [1.29, 1.82) is 0 Å². The Bertz CT molecular complexity index is 443. The molecule has 0 heterocycles. The van der Waals surface area contributed by atoms with Crippen molar-refractivity contribution in [1.82, 2.24) is 0 Å². The van der Waals surface area contributed by atoms with Gasteiger partial charge in [-0.15, -0.1) is 0 Å². The average Bonchev–Trinajstić information content (AvgIpc) is 2.68. The van der Waals surface area contributed by atoms with Gasteiger partial charge in [0.1, 0.15) is 0 Å². The molecule has 0 N–H and O–H groups in total. The van der Waals surface area contributed by atoms with Gasteiger partial charge in [0.2, 0.25) is 0 Å². The first-order valence-corrected chi connectivity index (χ1v) is 11.5. The molecule has 0 fully saturated rings. The van der Waals surface area contributed by atoms with Crippen molar-refractivity contribution >= 4 is 0 Å². The zero-order chi connectivity index (χ0) is 18.7. The molecule has 0 heteroatoms. The fourth-order valence-electron chi connectivity index (χ4n) is 3.50. The summed E-state index contributed by atoms with van der Waals surface area (Å²) in [5.74, 6) is 0. The van der Waals surface area contributed by atoms with E-state index in [-0.39, 0.29) is 0 Å². The third-order valence-corrected chi connectivity index (χ3v) is 5.29. The predicted octanol–water partition coefficient (Wildman–Crippen LogP) is 8.63. The molecule has 0 aliphatic heterocycles. The zero-order valence-corrected chi connectivity index (χ0v) is 17.7. The molecule has 1 radical (unpaired) electrons. The third-order valence-electron chi connectivity index (χ3n) is 5.29. The fourth-order valence-corrected chi connectivity index (χ4v) is 3.50. The summed E-state index contributed by atoms with van der Waals surface area (Å²) in [6.07, 6.45) is 26.5.